The lowest BCUT2D eigenvalue weighted by atomic mass is 10.0. The van der Waals surface area contributed by atoms with Crippen LogP contribution < -0.4 is 5.32 Å². The third kappa shape index (κ3) is 4.37. The Labute approximate surface area is 99.0 Å². The summed E-state index contributed by atoms with van der Waals surface area (Å²) in [6.45, 7) is 11.1. The molecule has 1 fully saturated rings. The van der Waals surface area contributed by atoms with Gasteiger partial charge in [-0.25, -0.2) is 0 Å². The van der Waals surface area contributed by atoms with Gasteiger partial charge in [0, 0.05) is 19.6 Å². The smallest absolute Gasteiger partial charge is 0.0674 e. The molecule has 2 atom stereocenters. The minimum absolute atomic E-state index is 0.179. The lowest BCUT2D eigenvalue weighted by Gasteiger charge is -2.38. The Hall–Kier alpha value is -0.160. The number of rotatable bonds is 6. The Morgan fingerprint density at radius 1 is 1.56 bits per heavy atom. The van der Waals surface area contributed by atoms with E-state index < -0.39 is 0 Å². The van der Waals surface area contributed by atoms with Crippen LogP contribution in [0, 0.1) is 0 Å². The quantitative estimate of drug-likeness (QED) is 0.696. The second-order valence-electron chi connectivity index (χ2n) is 5.06. The molecule has 16 heavy (non-hydrogen) atoms. The molecule has 0 radical (unpaired) electrons. The number of aliphatic hydroxyl groups excluding tert-OH is 1. The summed E-state index contributed by atoms with van der Waals surface area (Å²) in [5, 5.41) is 12.9. The number of aliphatic hydroxyl groups is 1. The summed E-state index contributed by atoms with van der Waals surface area (Å²) < 4.78 is 5.51. The molecule has 0 saturated carbocycles. The van der Waals surface area contributed by atoms with E-state index >= 15 is 0 Å². The van der Waals surface area contributed by atoms with E-state index in [4.69, 9.17) is 4.74 Å². The fourth-order valence-electron chi connectivity index (χ4n) is 2.12. The van der Waals surface area contributed by atoms with Crippen LogP contribution in [0.5, 0.6) is 0 Å². The normalized spacial score (nSPS) is 26.6. The topological polar surface area (TPSA) is 44.7 Å². The van der Waals surface area contributed by atoms with Crippen LogP contribution in [0.4, 0.5) is 0 Å². The molecule has 0 amide bonds. The van der Waals surface area contributed by atoms with Crippen molar-refractivity contribution in [1.82, 2.24) is 10.2 Å². The van der Waals surface area contributed by atoms with E-state index in [0.717, 1.165) is 39.2 Å². The Kier molecular flexibility index (Phi) is 5.69. The second kappa shape index (κ2) is 6.55. The zero-order chi connectivity index (χ0) is 12.0. The van der Waals surface area contributed by atoms with Gasteiger partial charge in [-0.1, -0.05) is 6.92 Å². The van der Waals surface area contributed by atoms with Crippen LogP contribution in [0.1, 0.15) is 27.2 Å². The van der Waals surface area contributed by atoms with Crippen molar-refractivity contribution < 1.29 is 9.84 Å². The molecule has 2 unspecified atom stereocenters. The van der Waals surface area contributed by atoms with Gasteiger partial charge in [0.15, 0.2) is 0 Å². The first-order chi connectivity index (χ1) is 7.59. The summed E-state index contributed by atoms with van der Waals surface area (Å²) in [4.78, 5) is 2.37. The molecule has 0 aromatic rings. The van der Waals surface area contributed by atoms with Crippen LogP contribution in [0.15, 0.2) is 0 Å². The van der Waals surface area contributed by atoms with Gasteiger partial charge in [-0.15, -0.1) is 0 Å². The molecule has 0 spiro atoms. The molecule has 1 heterocycles. The van der Waals surface area contributed by atoms with E-state index in [-0.39, 0.29) is 12.1 Å². The molecular formula is C12H26N2O2. The van der Waals surface area contributed by atoms with E-state index in [0.29, 0.717) is 6.10 Å². The minimum Gasteiger partial charge on any atom is -0.394 e. The number of hydrogen-bond acceptors (Lipinski definition) is 4. The SMILES string of the molecule is CCCNC(C)(CO)CN1CCOC(C)C1. The van der Waals surface area contributed by atoms with Crippen molar-refractivity contribution in [2.24, 2.45) is 0 Å². The van der Waals surface area contributed by atoms with E-state index in [1.165, 1.54) is 0 Å². The Morgan fingerprint density at radius 3 is 2.88 bits per heavy atom. The Morgan fingerprint density at radius 2 is 2.31 bits per heavy atom. The lowest BCUT2D eigenvalue weighted by Crippen LogP contribution is -2.56. The molecule has 1 rings (SSSR count). The van der Waals surface area contributed by atoms with Gasteiger partial charge >= 0.3 is 0 Å². The van der Waals surface area contributed by atoms with Crippen molar-refractivity contribution in [3.8, 4) is 0 Å². The Balaban J connectivity index is 2.41. The first kappa shape index (κ1) is 13.9. The number of ether oxygens (including phenoxy) is 1. The standard InChI is InChI=1S/C12H26N2O2/c1-4-5-13-12(3,10-15)9-14-6-7-16-11(2)8-14/h11,13,15H,4-10H2,1-3H3. The van der Waals surface area contributed by atoms with Gasteiger partial charge in [-0.05, 0) is 26.8 Å². The summed E-state index contributed by atoms with van der Waals surface area (Å²) in [7, 11) is 0. The minimum atomic E-state index is -0.187. The van der Waals surface area contributed by atoms with Gasteiger partial charge in [-0.2, -0.15) is 0 Å². The molecule has 2 N–H and O–H groups in total. The molecule has 0 bridgehead atoms. The molecule has 0 aromatic carbocycles. The molecule has 0 aliphatic carbocycles. The van der Waals surface area contributed by atoms with Gasteiger partial charge < -0.3 is 15.2 Å². The zero-order valence-electron chi connectivity index (χ0n) is 10.8. The molecule has 1 aliphatic rings. The average Bonchev–Trinajstić information content (AvgIpc) is 2.26. The molecule has 4 heteroatoms. The van der Waals surface area contributed by atoms with Gasteiger partial charge in [0.05, 0.1) is 24.9 Å². The molecule has 1 saturated heterocycles. The molecule has 4 nitrogen and oxygen atoms in total. The van der Waals surface area contributed by atoms with Crippen molar-refractivity contribution >= 4 is 0 Å². The van der Waals surface area contributed by atoms with Crippen molar-refractivity contribution in [2.45, 2.75) is 38.8 Å². The number of nitrogens with zero attached hydrogens (tertiary/aromatic N) is 1. The maximum absolute atomic E-state index is 9.49. The van der Waals surface area contributed by atoms with Crippen LogP contribution in [0.25, 0.3) is 0 Å². The predicted molar refractivity (Wildman–Crippen MR) is 65.6 cm³/mol. The summed E-state index contributed by atoms with van der Waals surface area (Å²) in [5.74, 6) is 0. The maximum Gasteiger partial charge on any atom is 0.0674 e. The molecular weight excluding hydrogens is 204 g/mol. The van der Waals surface area contributed by atoms with E-state index in [2.05, 4.69) is 31.0 Å². The first-order valence-electron chi connectivity index (χ1n) is 6.29. The molecule has 96 valence electrons. The second-order valence-corrected chi connectivity index (χ2v) is 5.06. The van der Waals surface area contributed by atoms with Crippen LogP contribution in [-0.2, 0) is 4.74 Å². The summed E-state index contributed by atoms with van der Waals surface area (Å²) >= 11 is 0. The van der Waals surface area contributed by atoms with Crippen LogP contribution in [-0.4, -0.2) is 61.0 Å². The third-order valence-electron chi connectivity index (χ3n) is 3.05. The van der Waals surface area contributed by atoms with Crippen LogP contribution in [0.2, 0.25) is 0 Å². The van der Waals surface area contributed by atoms with Gasteiger partial charge in [0.25, 0.3) is 0 Å². The Bertz CT molecular complexity index is 201. The maximum atomic E-state index is 9.49. The highest BCUT2D eigenvalue weighted by atomic mass is 16.5. The predicted octanol–water partition coefficient (Wildman–Crippen LogP) is 0.458. The van der Waals surface area contributed by atoms with Gasteiger partial charge in [-0.3, -0.25) is 4.90 Å². The lowest BCUT2D eigenvalue weighted by molar-refractivity contribution is -0.0301. The summed E-state index contributed by atoms with van der Waals surface area (Å²) in [6.07, 6.45) is 1.40. The van der Waals surface area contributed by atoms with E-state index in [1.807, 2.05) is 0 Å². The van der Waals surface area contributed by atoms with Crippen molar-refractivity contribution in [1.29, 1.82) is 0 Å². The van der Waals surface area contributed by atoms with Gasteiger partial charge in [0.2, 0.25) is 0 Å². The largest absolute Gasteiger partial charge is 0.394 e. The van der Waals surface area contributed by atoms with Crippen LogP contribution in [0.3, 0.4) is 0 Å². The third-order valence-corrected chi connectivity index (χ3v) is 3.05. The summed E-state index contributed by atoms with van der Waals surface area (Å²) in [5.41, 5.74) is -0.187. The highest BCUT2D eigenvalue weighted by Gasteiger charge is 2.27. The number of morpholine rings is 1. The fraction of sp³-hybridized carbons (Fsp3) is 1.00. The molecule has 1 aliphatic heterocycles. The summed E-state index contributed by atoms with van der Waals surface area (Å²) in [6, 6.07) is 0. The molecule has 0 aromatic heterocycles. The fourth-order valence-corrected chi connectivity index (χ4v) is 2.12. The number of nitrogens with one attached hydrogen (secondary N) is 1. The van der Waals surface area contributed by atoms with Crippen molar-refractivity contribution in [2.75, 3.05) is 39.4 Å². The monoisotopic (exact) mass is 230 g/mol. The van der Waals surface area contributed by atoms with Crippen molar-refractivity contribution in [3.63, 3.8) is 0 Å². The average molecular weight is 230 g/mol. The first-order valence-corrected chi connectivity index (χ1v) is 6.29. The van der Waals surface area contributed by atoms with E-state index in [1.54, 1.807) is 0 Å². The van der Waals surface area contributed by atoms with Gasteiger partial charge in [0.1, 0.15) is 0 Å². The van der Waals surface area contributed by atoms with E-state index in [9.17, 15) is 5.11 Å². The highest BCUT2D eigenvalue weighted by molar-refractivity contribution is 4.87. The highest BCUT2D eigenvalue weighted by Crippen LogP contribution is 2.11. The zero-order valence-corrected chi connectivity index (χ0v) is 10.8. The van der Waals surface area contributed by atoms with Crippen molar-refractivity contribution in [3.05, 3.63) is 0 Å². The van der Waals surface area contributed by atoms with Crippen LogP contribution >= 0.6 is 0 Å². The number of hydrogen-bond donors (Lipinski definition) is 2.